The number of anilines is 1. The van der Waals surface area contributed by atoms with Crippen molar-refractivity contribution in [2.45, 2.75) is 46.4 Å². The van der Waals surface area contributed by atoms with Gasteiger partial charge in [0, 0.05) is 0 Å². The van der Waals surface area contributed by atoms with E-state index in [1.807, 2.05) is 25.3 Å². The molecule has 3 heterocycles. The van der Waals surface area contributed by atoms with Gasteiger partial charge in [0.25, 0.3) is 0 Å². The number of imidazole rings is 1. The second-order valence-electron chi connectivity index (χ2n) is 5.57. The van der Waals surface area contributed by atoms with Crippen molar-refractivity contribution >= 4 is 43.2 Å². The molecule has 0 aromatic carbocycles. The minimum absolute atomic E-state index is 0.100. The first-order valence-corrected chi connectivity index (χ1v) is 10.9. The molecule has 8 nitrogen and oxygen atoms in total. The quantitative estimate of drug-likeness (QED) is 0.563. The van der Waals surface area contributed by atoms with Crippen LogP contribution in [0.5, 0.6) is 5.88 Å². The molecule has 0 aliphatic carbocycles. The Labute approximate surface area is 164 Å². The van der Waals surface area contributed by atoms with E-state index in [0.717, 1.165) is 12.1 Å². The predicted molar refractivity (Wildman–Crippen MR) is 96.8 cm³/mol. The number of nitrogens with zero attached hydrogens (tertiary/aromatic N) is 4. The van der Waals surface area contributed by atoms with E-state index in [1.165, 1.54) is 0 Å². The topological polar surface area (TPSA) is 83.3 Å². The summed E-state index contributed by atoms with van der Waals surface area (Å²) >= 11 is 0.552. The third kappa shape index (κ3) is 4.40. The van der Waals surface area contributed by atoms with Crippen molar-refractivity contribution in [1.29, 1.82) is 0 Å². The molecule has 1 aliphatic heterocycles. The number of hydrogen-bond donors (Lipinski definition) is 1. The van der Waals surface area contributed by atoms with Crippen LogP contribution < -0.4 is 7.86 Å². The number of methoxy groups -OCH3 is 1. The number of ether oxygens (including phenoxy) is 3. The molecule has 0 amide bonds. The van der Waals surface area contributed by atoms with Crippen molar-refractivity contribution in [1.82, 2.24) is 19.5 Å². The van der Waals surface area contributed by atoms with E-state index in [9.17, 15) is 0 Å². The van der Waals surface area contributed by atoms with Crippen LogP contribution >= 0.6 is 0 Å². The van der Waals surface area contributed by atoms with E-state index in [1.54, 1.807) is 13.4 Å². The van der Waals surface area contributed by atoms with Crippen LogP contribution in [0.2, 0.25) is 0 Å². The zero-order chi connectivity index (χ0) is 18.4. The van der Waals surface area contributed by atoms with E-state index < -0.39 is 0 Å². The Bertz CT molecular complexity index is 681. The average Bonchev–Trinajstić information content (AvgIpc) is 3.20. The van der Waals surface area contributed by atoms with Gasteiger partial charge in [-0.1, -0.05) is 13.8 Å². The van der Waals surface area contributed by atoms with Gasteiger partial charge in [-0.2, -0.15) is 0 Å². The second-order valence-corrected chi connectivity index (χ2v) is 6.69. The molecule has 0 radical (unpaired) electrons. The van der Waals surface area contributed by atoms with Crippen LogP contribution in [0, 0.1) is 5.92 Å². The number of nitrogens with one attached hydrogen (secondary N) is 1. The summed E-state index contributed by atoms with van der Waals surface area (Å²) in [5.41, 5.74) is 1.41. The van der Waals surface area contributed by atoms with Gasteiger partial charge in [-0.25, -0.2) is 0 Å². The third-order valence-electron chi connectivity index (χ3n) is 3.88. The van der Waals surface area contributed by atoms with Crippen LogP contribution in [0.4, 0.5) is 5.95 Å². The predicted octanol–water partition coefficient (Wildman–Crippen LogP) is 2.32. The third-order valence-corrected chi connectivity index (χ3v) is 4.88. The van der Waals surface area contributed by atoms with Gasteiger partial charge in [-0.05, 0) is 0 Å². The summed E-state index contributed by atoms with van der Waals surface area (Å²) in [4.78, 5) is 13.4. The van der Waals surface area contributed by atoms with E-state index in [0.29, 0.717) is 62.5 Å². The van der Waals surface area contributed by atoms with Crippen LogP contribution in [0.25, 0.3) is 11.2 Å². The van der Waals surface area contributed by atoms with Gasteiger partial charge in [-0.3, -0.25) is 0 Å². The molecular formula is C16H26N5O3Tl. The van der Waals surface area contributed by atoms with Crippen LogP contribution in [0.3, 0.4) is 0 Å². The Morgan fingerprint density at radius 1 is 1.40 bits per heavy atom. The molecule has 1 saturated heterocycles. The summed E-state index contributed by atoms with van der Waals surface area (Å²) < 4.78 is 22.1. The van der Waals surface area contributed by atoms with Gasteiger partial charge >= 0.3 is 151 Å². The number of fused-ring (bicyclic) bond motifs is 1. The van der Waals surface area contributed by atoms with Crippen molar-refractivity contribution in [3.8, 4) is 5.88 Å². The average molecular weight is 541 g/mol. The number of rotatable bonds is 6. The molecule has 3 unspecified atom stereocenters. The second kappa shape index (κ2) is 9.62. The first-order chi connectivity index (χ1) is 12.2. The molecule has 0 bridgehead atoms. The van der Waals surface area contributed by atoms with E-state index in [2.05, 4.69) is 25.0 Å². The number of hydrogen-bond acceptors (Lipinski definition) is 7. The molecule has 2 aromatic rings. The maximum atomic E-state index is 6.13. The molecule has 1 fully saturated rings. The fourth-order valence-corrected chi connectivity index (χ4v) is 3.43. The molecule has 0 spiro atoms. The normalized spacial score (nSPS) is 22.5. The van der Waals surface area contributed by atoms with Gasteiger partial charge < -0.3 is 0 Å². The molecular weight excluding hydrogens is 515 g/mol. The molecule has 9 heteroatoms. The first-order valence-electron chi connectivity index (χ1n) is 8.66. The van der Waals surface area contributed by atoms with Crippen molar-refractivity contribution in [2.24, 2.45) is 5.92 Å². The van der Waals surface area contributed by atoms with E-state index >= 15 is 0 Å². The molecule has 1 N–H and O–H groups in total. The summed E-state index contributed by atoms with van der Waals surface area (Å²) in [5.74, 6) is 1.44. The Hall–Kier alpha value is -1.01. The van der Waals surface area contributed by atoms with Gasteiger partial charge in [-0.15, -0.1) is 0 Å². The molecule has 3 atom stereocenters. The summed E-state index contributed by atoms with van der Waals surface area (Å²) in [7, 11) is 1.69. The van der Waals surface area contributed by atoms with Crippen molar-refractivity contribution in [3.63, 3.8) is 0 Å². The zero-order valence-electron chi connectivity index (χ0n) is 15.5. The standard InChI is InChI=1S/C14H20N5O3.C2H6.Tl/c1-4-21-12-10-11(17-14(15)18-12)19(7-16-10)13-8(2)5-9(22-13)6-20-3;1-2;/h7-9,13H,4-6H2,1-3H3,(H-,15,17,18);1-2H3;/q-1;;+1. The Morgan fingerprint density at radius 2 is 2.16 bits per heavy atom. The summed E-state index contributed by atoms with van der Waals surface area (Å²) in [6.45, 7) is 9.23. The molecule has 2 aromatic heterocycles. The van der Waals surface area contributed by atoms with Crippen LogP contribution in [-0.2, 0) is 9.47 Å². The van der Waals surface area contributed by atoms with Gasteiger partial charge in [0.15, 0.2) is 0 Å². The SMILES string of the molecule is CC.CCOc1nc([NH][Tl])nc2c1ncn2C1OC(COC)CC1C. The number of aromatic nitrogens is 4. The molecule has 136 valence electrons. The Balaban J connectivity index is 0.00000109. The summed E-state index contributed by atoms with van der Waals surface area (Å²) in [6.07, 6.45) is 2.71. The molecule has 0 saturated carbocycles. The van der Waals surface area contributed by atoms with Crippen molar-refractivity contribution in [3.05, 3.63) is 6.33 Å². The maximum absolute atomic E-state index is 6.13. The van der Waals surface area contributed by atoms with E-state index in [-0.39, 0.29) is 12.3 Å². The summed E-state index contributed by atoms with van der Waals surface area (Å²) in [5, 5.41) is 0. The Morgan fingerprint density at radius 3 is 2.80 bits per heavy atom. The zero-order valence-corrected chi connectivity index (χ0v) is 20.0. The van der Waals surface area contributed by atoms with E-state index in [4.69, 9.17) is 14.2 Å². The van der Waals surface area contributed by atoms with Gasteiger partial charge in [0.2, 0.25) is 0 Å². The van der Waals surface area contributed by atoms with Crippen LogP contribution in [-0.4, -0.2) is 72.0 Å². The molecule has 25 heavy (non-hydrogen) atoms. The van der Waals surface area contributed by atoms with Gasteiger partial charge in [0.1, 0.15) is 0 Å². The van der Waals surface area contributed by atoms with Crippen molar-refractivity contribution < 1.29 is 14.2 Å². The van der Waals surface area contributed by atoms with Crippen molar-refractivity contribution in [2.75, 3.05) is 23.4 Å². The fourth-order valence-electron chi connectivity index (χ4n) is 2.93. The molecule has 1 aliphatic rings. The summed E-state index contributed by atoms with van der Waals surface area (Å²) in [6, 6.07) is 0. The molecule has 3 rings (SSSR count). The van der Waals surface area contributed by atoms with Crippen LogP contribution in [0.1, 0.15) is 40.3 Å². The van der Waals surface area contributed by atoms with Crippen LogP contribution in [0.15, 0.2) is 6.33 Å². The first kappa shape index (κ1) is 20.3. The van der Waals surface area contributed by atoms with Gasteiger partial charge in [0.05, 0.1) is 0 Å². The Kier molecular flexibility index (Phi) is 7.82. The fraction of sp³-hybridized carbons (Fsp3) is 0.688. The minimum atomic E-state index is -0.103. The monoisotopic (exact) mass is 541 g/mol.